The Morgan fingerprint density at radius 1 is 1.50 bits per heavy atom. The predicted molar refractivity (Wildman–Crippen MR) is 43.3 cm³/mol. The van der Waals surface area contributed by atoms with Crippen molar-refractivity contribution in [2.75, 3.05) is 5.73 Å². The van der Waals surface area contributed by atoms with E-state index in [0.717, 1.165) is 0 Å². The Hall–Kier alpha value is -1.70. The van der Waals surface area contributed by atoms with Gasteiger partial charge in [-0.25, -0.2) is 0 Å². The lowest BCUT2D eigenvalue weighted by molar-refractivity contribution is -0.385. The molecule has 12 heavy (non-hydrogen) atoms. The second-order valence-electron chi connectivity index (χ2n) is 1.93. The maximum atomic E-state index is 10.8. The van der Waals surface area contributed by atoms with Gasteiger partial charge in [0.05, 0.1) is 4.92 Å². The van der Waals surface area contributed by atoms with Gasteiger partial charge in [-0.2, -0.15) is 0 Å². The zero-order valence-corrected chi connectivity index (χ0v) is 6.47. The van der Waals surface area contributed by atoms with Crippen LogP contribution in [-0.4, -0.2) is 14.9 Å². The van der Waals surface area contributed by atoms with Gasteiger partial charge in [0, 0.05) is 0 Å². The van der Waals surface area contributed by atoms with Gasteiger partial charge in [-0.05, 0) is 12.2 Å². The highest BCUT2D eigenvalue weighted by Crippen LogP contribution is 2.09. The molecule has 7 nitrogen and oxygen atoms in total. The first-order valence-corrected chi connectivity index (χ1v) is 3.19. The molecule has 64 valence electrons. The summed E-state index contributed by atoms with van der Waals surface area (Å²) < 4.78 is -0.0388. The van der Waals surface area contributed by atoms with E-state index < -0.39 is 16.2 Å². The quantitative estimate of drug-likeness (QED) is 0.248. The van der Waals surface area contributed by atoms with E-state index >= 15 is 0 Å². The molecule has 0 spiro atoms. The Bertz CT molecular complexity index is 433. The molecule has 0 bridgehead atoms. The van der Waals surface area contributed by atoms with Gasteiger partial charge in [-0.1, -0.05) is 0 Å². The third kappa shape index (κ3) is 1.32. The summed E-state index contributed by atoms with van der Waals surface area (Å²) in [6, 6.07) is 0. The minimum atomic E-state index is -0.902. The highest BCUT2D eigenvalue weighted by molar-refractivity contribution is 7.71. The maximum absolute atomic E-state index is 10.8. The molecule has 1 rings (SSSR count). The van der Waals surface area contributed by atoms with Gasteiger partial charge < -0.3 is 10.7 Å². The van der Waals surface area contributed by atoms with Crippen LogP contribution in [-0.2, 0) is 0 Å². The highest BCUT2D eigenvalue weighted by atomic mass is 32.1. The second-order valence-corrected chi connectivity index (χ2v) is 2.34. The summed E-state index contributed by atoms with van der Waals surface area (Å²) in [6.45, 7) is 0. The SMILES string of the molecule is N[13c]1[nH]c(=S)[nH]c(=O)[13c]1[15N+](=O)[O-]. The number of aromatic amines is 2. The van der Waals surface area contributed by atoms with Crippen molar-refractivity contribution >= 4 is 23.7 Å². The lowest BCUT2D eigenvalue weighted by Crippen LogP contribution is -2.15. The molecule has 0 fully saturated rings. The van der Waals surface area contributed by atoms with Crippen LogP contribution >= 0.6 is 12.2 Å². The molecule has 0 amide bonds. The molecule has 0 saturated heterocycles. The Kier molecular flexibility index (Phi) is 1.92. The Morgan fingerprint density at radius 2 is 2.08 bits per heavy atom. The van der Waals surface area contributed by atoms with E-state index in [2.05, 4.69) is 17.2 Å². The van der Waals surface area contributed by atoms with Crippen LogP contribution in [0, 0.1) is 14.9 Å². The van der Waals surface area contributed by atoms with E-state index in [4.69, 9.17) is 5.73 Å². The van der Waals surface area contributed by atoms with Crippen molar-refractivity contribution in [2.24, 2.45) is 0 Å². The number of nitrogen functional groups attached to an aromatic ring is 1. The summed E-state index contributed by atoms with van der Waals surface area (Å²) in [5.41, 5.74) is 3.52. The van der Waals surface area contributed by atoms with Crippen molar-refractivity contribution in [1.82, 2.24) is 9.97 Å². The third-order valence-electron chi connectivity index (χ3n) is 1.13. The zero-order chi connectivity index (χ0) is 9.30. The van der Waals surface area contributed by atoms with Crippen molar-refractivity contribution in [3.8, 4) is 0 Å². The minimum Gasteiger partial charge on any atom is -0.379 e. The number of aromatic nitrogens is 2. The molecule has 0 unspecified atom stereocenters. The number of H-pyrrole nitrogens is 2. The molecule has 0 aliphatic rings. The fraction of sp³-hybridized carbons (Fsp3) is 0. The minimum absolute atomic E-state index is 0.0388. The summed E-state index contributed by atoms with van der Waals surface area (Å²) in [4.78, 5) is 24.5. The van der Waals surface area contributed by atoms with Crippen molar-refractivity contribution in [3.05, 3.63) is 25.2 Å². The summed E-state index contributed by atoms with van der Waals surface area (Å²) in [5.74, 6) is -0.339. The molecule has 0 aliphatic carbocycles. The molecular formula is C4H4N4O3S. The first-order chi connectivity index (χ1) is 5.52. The second kappa shape index (κ2) is 2.74. The van der Waals surface area contributed by atoms with Crippen molar-refractivity contribution in [1.29, 1.82) is 0 Å². The number of rotatable bonds is 1. The monoisotopic (exact) mass is 191 g/mol. The van der Waals surface area contributed by atoms with Crippen LogP contribution in [0.5, 0.6) is 0 Å². The van der Waals surface area contributed by atoms with Crippen LogP contribution in [0.1, 0.15) is 0 Å². The van der Waals surface area contributed by atoms with E-state index in [0.29, 0.717) is 0 Å². The van der Waals surface area contributed by atoms with Crippen LogP contribution < -0.4 is 11.3 Å². The van der Waals surface area contributed by atoms with E-state index in [1.54, 1.807) is 0 Å². The summed E-state index contributed by atoms with van der Waals surface area (Å²) in [6.07, 6.45) is 0. The van der Waals surface area contributed by atoms with Gasteiger partial charge in [-0.15, -0.1) is 0 Å². The molecule has 0 aromatic carbocycles. The topological polar surface area (TPSA) is 118 Å². The van der Waals surface area contributed by atoms with Gasteiger partial charge in [0.25, 0.3) is 0 Å². The number of anilines is 1. The van der Waals surface area contributed by atoms with E-state index in [1.165, 1.54) is 0 Å². The summed E-state index contributed by atoms with van der Waals surface area (Å²) >= 11 is 4.52. The van der Waals surface area contributed by atoms with E-state index in [9.17, 15) is 14.9 Å². The van der Waals surface area contributed by atoms with Gasteiger partial charge >= 0.3 is 11.2 Å². The molecule has 0 radical (unpaired) electrons. The number of nitrogens with zero attached hydrogens (tertiary/aromatic N) is 1. The van der Waals surface area contributed by atoms with Crippen LogP contribution in [0.2, 0.25) is 0 Å². The molecule has 0 saturated carbocycles. The van der Waals surface area contributed by atoms with Gasteiger partial charge in [0.15, 0.2) is 10.6 Å². The summed E-state index contributed by atoms with van der Waals surface area (Å²) in [5, 5.41) is 10.2. The van der Waals surface area contributed by atoms with Gasteiger partial charge in [-0.3, -0.25) is 19.9 Å². The Labute approximate surface area is 70.4 Å². The molecule has 1 aromatic heterocycles. The van der Waals surface area contributed by atoms with Crippen LogP contribution in [0.3, 0.4) is 0 Å². The number of hydrogen-bond donors (Lipinski definition) is 3. The lowest BCUT2D eigenvalue weighted by Gasteiger charge is -1.93. The first kappa shape index (κ1) is 8.40. The average Bonchev–Trinajstić information content (AvgIpc) is 1.82. The zero-order valence-electron chi connectivity index (χ0n) is 5.66. The molecule has 1 aromatic rings. The molecular weight excluding hydrogens is 187 g/mol. The van der Waals surface area contributed by atoms with Gasteiger partial charge in [0.1, 0.15) is 0 Å². The fourth-order valence-corrected chi connectivity index (χ4v) is 0.881. The molecule has 1 heterocycles. The Balaban J connectivity index is 3.60. The normalized spacial score (nSPS) is 9.67. The molecule has 8 heteroatoms. The largest absolute Gasteiger partial charge is 0.379 e. The number of nitro groups is 1. The Morgan fingerprint density at radius 3 is 2.50 bits per heavy atom. The van der Waals surface area contributed by atoms with Crippen LogP contribution in [0.15, 0.2) is 4.79 Å². The fourth-order valence-electron chi connectivity index (χ4n) is 0.679. The predicted octanol–water partition coefficient (Wildman–Crippen LogP) is -0.0771. The molecule has 4 N–H and O–H groups in total. The molecule has 0 aliphatic heterocycles. The lowest BCUT2D eigenvalue weighted by atomic mass is 11.0. The maximum Gasteiger partial charge on any atom is 0.373 e. The number of nitrogens with two attached hydrogens (primary N) is 1. The van der Waals surface area contributed by atoms with Gasteiger partial charge in [0.2, 0.25) is 0 Å². The molecule has 0 atom stereocenters. The van der Waals surface area contributed by atoms with Crippen LogP contribution in [0.4, 0.5) is 11.5 Å². The van der Waals surface area contributed by atoms with Crippen molar-refractivity contribution in [3.63, 3.8) is 0 Å². The standard InChI is InChI=1S/C4H4N4O3S/c5-2-1(8(10)11)3(9)7-4(12)6-2/h(H4,5,6,7,9,12)/i1+1,2+1,8+1. The number of nitrogens with one attached hydrogen (secondary N) is 2. The van der Waals surface area contributed by atoms with Crippen molar-refractivity contribution in [2.45, 2.75) is 0 Å². The first-order valence-electron chi connectivity index (χ1n) is 2.79. The van der Waals surface area contributed by atoms with Crippen LogP contribution in [0.25, 0.3) is 0 Å². The number of hydrogen-bond acceptors (Lipinski definition) is 5. The summed E-state index contributed by atoms with van der Waals surface area (Å²) in [7, 11) is 0. The van der Waals surface area contributed by atoms with Crippen molar-refractivity contribution < 1.29 is 4.92 Å². The smallest absolute Gasteiger partial charge is 0.373 e. The average molecular weight is 191 g/mol. The van der Waals surface area contributed by atoms with E-state index in [1.807, 2.05) is 4.98 Å². The van der Waals surface area contributed by atoms with E-state index in [-0.39, 0.29) is 10.6 Å². The third-order valence-corrected chi connectivity index (χ3v) is 1.33. The highest BCUT2D eigenvalue weighted by Gasteiger charge is 2.16.